The molecule has 1 aromatic heterocycles. The van der Waals surface area contributed by atoms with E-state index in [2.05, 4.69) is 11.9 Å². The largest absolute Gasteiger partial charge is 0.483 e. The fraction of sp³-hybridized carbons (Fsp3) is 0.375. The molecule has 3 rings (SSSR count). The first-order valence-electron chi connectivity index (χ1n) is 10.5. The topological polar surface area (TPSA) is 61.3 Å². The first kappa shape index (κ1) is 25.8. The van der Waals surface area contributed by atoms with Gasteiger partial charge in [0.05, 0.1) is 0 Å². The first-order chi connectivity index (χ1) is 15.4. The fourth-order valence-corrected chi connectivity index (χ4v) is 2.93. The van der Waals surface area contributed by atoms with Gasteiger partial charge in [0, 0.05) is 23.3 Å². The van der Waals surface area contributed by atoms with Gasteiger partial charge in [-0.2, -0.15) is 4.39 Å². The molecule has 0 amide bonds. The summed E-state index contributed by atoms with van der Waals surface area (Å²) < 4.78 is 53.4. The Hall–Kier alpha value is -2.45. The van der Waals surface area contributed by atoms with E-state index in [0.717, 1.165) is 36.6 Å². The molecule has 0 unspecified atom stereocenters. The van der Waals surface area contributed by atoms with E-state index in [9.17, 15) is 13.2 Å². The molecular formula is C24H29F3N2O2S. The molecule has 2 aromatic carbocycles. The number of benzene rings is 2. The average Bonchev–Trinajstić information content (AvgIpc) is 3.24. The summed E-state index contributed by atoms with van der Waals surface area (Å²) >= 11 is 1.36. The van der Waals surface area contributed by atoms with Gasteiger partial charge in [-0.05, 0) is 37.6 Å². The number of aromatic nitrogens is 1. The summed E-state index contributed by atoms with van der Waals surface area (Å²) in [6.45, 7) is 5.80. The lowest BCUT2D eigenvalue weighted by Gasteiger charge is -2.13. The predicted molar refractivity (Wildman–Crippen MR) is 123 cm³/mol. The lowest BCUT2D eigenvalue weighted by atomic mass is 10.0. The van der Waals surface area contributed by atoms with E-state index in [1.165, 1.54) is 30.3 Å². The first-order valence-corrected chi connectivity index (χ1v) is 11.6. The summed E-state index contributed by atoms with van der Waals surface area (Å²) in [5.41, 5.74) is 1.55. The van der Waals surface area contributed by atoms with Gasteiger partial charge >= 0.3 is 0 Å². The van der Waals surface area contributed by atoms with Crippen molar-refractivity contribution in [3.8, 4) is 16.9 Å². The van der Waals surface area contributed by atoms with Crippen LogP contribution < -0.4 is 9.88 Å². The quantitative estimate of drug-likeness (QED) is 0.272. The van der Waals surface area contributed by atoms with Crippen molar-refractivity contribution in [1.82, 2.24) is 4.98 Å². The van der Waals surface area contributed by atoms with Crippen molar-refractivity contribution in [2.75, 3.05) is 5.75 Å². The minimum Gasteiger partial charge on any atom is -0.483 e. The zero-order valence-electron chi connectivity index (χ0n) is 18.6. The van der Waals surface area contributed by atoms with Crippen molar-refractivity contribution in [3.05, 3.63) is 71.2 Å². The lowest BCUT2D eigenvalue weighted by molar-refractivity contribution is 0.281. The Morgan fingerprint density at radius 1 is 1.03 bits per heavy atom. The zero-order chi connectivity index (χ0) is 23.5. The number of ether oxygens (including phenoxy) is 1. The Labute approximate surface area is 191 Å². The Bertz CT molecular complexity index is 993. The summed E-state index contributed by atoms with van der Waals surface area (Å²) in [4.78, 5) is 4.30. The molecular weight excluding hydrogens is 437 g/mol. The molecule has 4 nitrogen and oxygen atoms in total. The maximum Gasteiger partial charge on any atom is 0.201 e. The molecule has 8 heteroatoms. The monoisotopic (exact) mass is 466 g/mol. The molecule has 0 aliphatic carbocycles. The van der Waals surface area contributed by atoms with Crippen molar-refractivity contribution in [2.45, 2.75) is 53.1 Å². The van der Waals surface area contributed by atoms with Gasteiger partial charge in [-0.15, -0.1) is 0 Å². The lowest BCUT2D eigenvalue weighted by Crippen LogP contribution is -2.02. The van der Waals surface area contributed by atoms with Gasteiger partial charge in [-0.25, -0.2) is 13.8 Å². The van der Waals surface area contributed by atoms with E-state index in [1.54, 1.807) is 19.1 Å². The molecule has 1 heterocycles. The van der Waals surface area contributed by atoms with Gasteiger partial charge in [0.25, 0.3) is 0 Å². The number of nitrogens with two attached hydrogens (primary N) is 1. The van der Waals surface area contributed by atoms with Crippen LogP contribution in [0.1, 0.15) is 50.3 Å². The molecule has 0 aliphatic heterocycles. The number of nitrogens with zero attached hydrogens (tertiary/aromatic N) is 1. The second kappa shape index (κ2) is 13.2. The maximum absolute atomic E-state index is 14.4. The second-order valence-corrected chi connectivity index (χ2v) is 8.07. The Kier molecular flexibility index (Phi) is 10.6. The highest BCUT2D eigenvalue weighted by Crippen LogP contribution is 2.36. The minimum atomic E-state index is -1.16. The minimum absolute atomic E-state index is 0.113. The maximum atomic E-state index is 14.4. The highest BCUT2D eigenvalue weighted by atomic mass is 32.2. The van der Waals surface area contributed by atoms with E-state index >= 15 is 0 Å². The van der Waals surface area contributed by atoms with Gasteiger partial charge in [0.15, 0.2) is 17.5 Å². The Balaban J connectivity index is 0.000000837. The third-order valence-electron chi connectivity index (χ3n) is 4.59. The van der Waals surface area contributed by atoms with Crippen LogP contribution in [0.15, 0.2) is 41.0 Å². The molecule has 0 fully saturated rings. The number of halogens is 3. The highest BCUT2D eigenvalue weighted by Gasteiger charge is 2.19. The summed E-state index contributed by atoms with van der Waals surface area (Å²) in [5, 5.41) is 4.94. The molecule has 0 saturated heterocycles. The molecule has 0 radical (unpaired) electrons. The van der Waals surface area contributed by atoms with E-state index in [0.29, 0.717) is 18.0 Å². The zero-order valence-corrected chi connectivity index (χ0v) is 19.4. The van der Waals surface area contributed by atoms with Crippen LogP contribution in [0.4, 0.5) is 13.2 Å². The number of hydrogen-bond donors (Lipinski definition) is 1. The van der Waals surface area contributed by atoms with E-state index in [-0.39, 0.29) is 23.5 Å². The van der Waals surface area contributed by atoms with Crippen molar-refractivity contribution in [3.63, 3.8) is 0 Å². The Morgan fingerprint density at radius 2 is 1.75 bits per heavy atom. The highest BCUT2D eigenvalue weighted by molar-refractivity contribution is 7.97. The normalized spacial score (nSPS) is 10.6. The number of unbranched alkanes of at least 4 members (excludes halogenated alkanes) is 2. The van der Waals surface area contributed by atoms with Crippen LogP contribution >= 0.6 is 11.9 Å². The second-order valence-electron chi connectivity index (χ2n) is 7.16. The molecule has 174 valence electrons. The fourth-order valence-electron chi connectivity index (χ4n) is 2.93. The molecule has 0 spiro atoms. The third kappa shape index (κ3) is 7.31. The third-order valence-corrected chi connectivity index (χ3v) is 4.92. The molecule has 2 N–H and O–H groups in total. The standard InChI is InChI=1S/C22H22F3NO2.C2H7NS/c1-3-4-5-6-20-26-15(12-27-20)13-28-22-16(8-10-19(24)21(22)25)17-11-14(2)7-9-18(17)23;1-2-4-3/h7-12H,3-6,13H2,1-2H3;2-3H2,1H3. The summed E-state index contributed by atoms with van der Waals surface area (Å²) in [5.74, 6) is -1.52. The van der Waals surface area contributed by atoms with Gasteiger partial charge in [-0.1, -0.05) is 50.3 Å². The molecule has 32 heavy (non-hydrogen) atoms. The summed E-state index contributed by atoms with van der Waals surface area (Å²) in [7, 11) is 0. The molecule has 0 saturated carbocycles. The van der Waals surface area contributed by atoms with Crippen molar-refractivity contribution in [1.29, 1.82) is 0 Å². The molecule has 3 aromatic rings. The Morgan fingerprint density at radius 3 is 2.44 bits per heavy atom. The SMILES string of the molecule is CCCCCc1nc(COc2c(-c3cc(C)ccc3F)ccc(F)c2F)co1.CCSN. The van der Waals surface area contributed by atoms with Crippen molar-refractivity contribution in [2.24, 2.45) is 5.14 Å². The van der Waals surface area contributed by atoms with Gasteiger partial charge in [0.1, 0.15) is 24.4 Å². The van der Waals surface area contributed by atoms with Gasteiger partial charge in [0.2, 0.25) is 5.82 Å². The van der Waals surface area contributed by atoms with Crippen molar-refractivity contribution < 1.29 is 22.3 Å². The number of rotatable bonds is 9. The van der Waals surface area contributed by atoms with E-state index in [4.69, 9.17) is 14.3 Å². The van der Waals surface area contributed by atoms with Crippen LogP contribution in [0.2, 0.25) is 0 Å². The van der Waals surface area contributed by atoms with Crippen LogP contribution in [-0.4, -0.2) is 10.7 Å². The smallest absolute Gasteiger partial charge is 0.201 e. The number of hydrogen-bond acceptors (Lipinski definition) is 5. The number of aryl methyl sites for hydroxylation is 2. The molecule has 0 bridgehead atoms. The predicted octanol–water partition coefficient (Wildman–Crippen LogP) is 6.99. The van der Waals surface area contributed by atoms with Crippen LogP contribution in [0, 0.1) is 24.4 Å². The van der Waals surface area contributed by atoms with E-state index in [1.807, 2.05) is 6.92 Å². The van der Waals surface area contributed by atoms with Crippen LogP contribution in [-0.2, 0) is 13.0 Å². The van der Waals surface area contributed by atoms with Crippen LogP contribution in [0.3, 0.4) is 0 Å². The average molecular weight is 467 g/mol. The van der Waals surface area contributed by atoms with Gasteiger partial charge < -0.3 is 9.15 Å². The van der Waals surface area contributed by atoms with Crippen LogP contribution in [0.25, 0.3) is 11.1 Å². The van der Waals surface area contributed by atoms with Gasteiger partial charge in [-0.3, -0.25) is 5.14 Å². The van der Waals surface area contributed by atoms with Crippen molar-refractivity contribution >= 4 is 11.9 Å². The van der Waals surface area contributed by atoms with E-state index < -0.39 is 17.5 Å². The molecule has 0 aliphatic rings. The summed E-state index contributed by atoms with van der Waals surface area (Å²) in [6, 6.07) is 6.73. The van der Waals surface area contributed by atoms with Crippen LogP contribution in [0.5, 0.6) is 5.75 Å². The summed E-state index contributed by atoms with van der Waals surface area (Å²) in [6.07, 6.45) is 5.28. The number of oxazole rings is 1. The molecule has 0 atom stereocenters.